The Morgan fingerprint density at radius 2 is 2.22 bits per heavy atom. The van der Waals surface area contributed by atoms with Crippen LogP contribution in [0.3, 0.4) is 0 Å². The molecule has 0 radical (unpaired) electrons. The lowest BCUT2D eigenvalue weighted by Gasteiger charge is -2.25. The summed E-state index contributed by atoms with van der Waals surface area (Å²) in [4.78, 5) is 15.0. The van der Waals surface area contributed by atoms with Gasteiger partial charge in [-0.3, -0.25) is 9.48 Å². The van der Waals surface area contributed by atoms with Gasteiger partial charge >= 0.3 is 0 Å². The maximum absolute atomic E-state index is 13.0. The van der Waals surface area contributed by atoms with E-state index in [1.165, 1.54) is 11.5 Å². The van der Waals surface area contributed by atoms with Crippen molar-refractivity contribution in [3.63, 3.8) is 0 Å². The van der Waals surface area contributed by atoms with Crippen LogP contribution < -0.4 is 5.32 Å². The van der Waals surface area contributed by atoms with E-state index in [0.29, 0.717) is 0 Å². The second-order valence-electron chi connectivity index (χ2n) is 6.13. The highest BCUT2D eigenvalue weighted by molar-refractivity contribution is 7.10. The molecule has 1 N–H and O–H groups in total. The van der Waals surface area contributed by atoms with Crippen LogP contribution in [-0.4, -0.2) is 44.6 Å². The third-order valence-electron chi connectivity index (χ3n) is 4.43. The van der Waals surface area contributed by atoms with Gasteiger partial charge in [-0.25, -0.2) is 0 Å². The summed E-state index contributed by atoms with van der Waals surface area (Å²) >= 11 is 1.35. The van der Waals surface area contributed by atoms with Gasteiger partial charge < -0.3 is 10.2 Å². The van der Waals surface area contributed by atoms with Crippen molar-refractivity contribution in [2.45, 2.75) is 46.2 Å². The molecule has 0 spiro atoms. The van der Waals surface area contributed by atoms with Crippen molar-refractivity contribution in [3.8, 4) is 0 Å². The van der Waals surface area contributed by atoms with Gasteiger partial charge in [0, 0.05) is 19.3 Å². The van der Waals surface area contributed by atoms with E-state index in [9.17, 15) is 4.79 Å². The fourth-order valence-corrected chi connectivity index (χ4v) is 4.03. The highest BCUT2D eigenvalue weighted by Gasteiger charge is 2.33. The predicted molar refractivity (Wildman–Crippen MR) is 92.2 cm³/mol. The topological polar surface area (TPSA) is 63.1 Å². The first-order valence-corrected chi connectivity index (χ1v) is 8.74. The number of anilines is 1. The summed E-state index contributed by atoms with van der Waals surface area (Å²) in [5.74, 6) is 0.0876. The molecule has 23 heavy (non-hydrogen) atoms. The smallest absolute Gasteiger partial charge is 0.259 e. The highest BCUT2D eigenvalue weighted by Crippen LogP contribution is 2.29. The van der Waals surface area contributed by atoms with E-state index in [2.05, 4.69) is 27.8 Å². The third kappa shape index (κ3) is 2.97. The van der Waals surface area contributed by atoms with E-state index < -0.39 is 0 Å². The number of aryl methyl sites for hydroxylation is 3. The summed E-state index contributed by atoms with van der Waals surface area (Å²) < 4.78 is 6.34. The molecule has 2 aromatic rings. The van der Waals surface area contributed by atoms with Crippen LogP contribution in [0.1, 0.15) is 40.3 Å². The van der Waals surface area contributed by atoms with E-state index >= 15 is 0 Å². The number of nitrogens with zero attached hydrogens (tertiary/aromatic N) is 4. The number of nitrogens with one attached hydrogen (secondary N) is 1. The van der Waals surface area contributed by atoms with E-state index in [-0.39, 0.29) is 11.9 Å². The Morgan fingerprint density at radius 3 is 2.87 bits per heavy atom. The van der Waals surface area contributed by atoms with Gasteiger partial charge in [-0.05, 0) is 51.2 Å². The average Bonchev–Trinajstić information content (AvgIpc) is 3.19. The minimum Gasteiger partial charge on any atom is -0.378 e. The molecule has 7 heteroatoms. The van der Waals surface area contributed by atoms with Gasteiger partial charge in [0.15, 0.2) is 0 Å². The number of amides is 1. The largest absolute Gasteiger partial charge is 0.378 e. The number of hydrogen-bond donors (Lipinski definition) is 1. The monoisotopic (exact) mass is 333 g/mol. The minimum atomic E-state index is 0.0876. The van der Waals surface area contributed by atoms with Gasteiger partial charge in [0.1, 0.15) is 5.00 Å². The fraction of sp³-hybridized carbons (Fsp3) is 0.562. The number of likely N-dealkylation sites (tertiary alicyclic amines) is 1. The molecule has 1 aliphatic rings. The number of aromatic nitrogens is 3. The predicted octanol–water partition coefficient (Wildman–Crippen LogP) is 2.61. The van der Waals surface area contributed by atoms with Crippen molar-refractivity contribution in [2.75, 3.05) is 18.9 Å². The zero-order valence-corrected chi connectivity index (χ0v) is 14.9. The van der Waals surface area contributed by atoms with Crippen LogP contribution in [0.4, 0.5) is 5.00 Å². The van der Waals surface area contributed by atoms with Crippen LogP contribution in [0.2, 0.25) is 0 Å². The molecule has 1 fully saturated rings. The molecule has 1 aliphatic heterocycles. The lowest BCUT2D eigenvalue weighted by Crippen LogP contribution is -2.38. The zero-order valence-electron chi connectivity index (χ0n) is 14.1. The molecule has 3 rings (SSSR count). The van der Waals surface area contributed by atoms with E-state index in [4.69, 9.17) is 0 Å². The van der Waals surface area contributed by atoms with Crippen LogP contribution in [0.5, 0.6) is 0 Å². The summed E-state index contributed by atoms with van der Waals surface area (Å²) in [6.07, 6.45) is 2.07. The second-order valence-corrected chi connectivity index (χ2v) is 6.90. The Balaban J connectivity index is 1.82. The maximum Gasteiger partial charge on any atom is 0.259 e. The van der Waals surface area contributed by atoms with Crippen molar-refractivity contribution < 1.29 is 4.79 Å². The van der Waals surface area contributed by atoms with E-state index in [0.717, 1.165) is 53.6 Å². The summed E-state index contributed by atoms with van der Waals surface area (Å²) in [5.41, 5.74) is 3.69. The maximum atomic E-state index is 13.0. The number of hydrogen-bond acceptors (Lipinski definition) is 5. The summed E-state index contributed by atoms with van der Waals surface area (Å²) in [7, 11) is 1.83. The van der Waals surface area contributed by atoms with Gasteiger partial charge in [0.05, 0.1) is 29.5 Å². The SMILES string of the molecule is CNc1snc(C)c1C(=O)N1CCCC1Cn1nc(C)cc1C. The molecule has 124 valence electrons. The van der Waals surface area contributed by atoms with E-state index in [1.54, 1.807) is 0 Å². The Morgan fingerprint density at radius 1 is 1.43 bits per heavy atom. The number of carbonyl (C=O) groups excluding carboxylic acids is 1. The molecule has 3 heterocycles. The molecule has 1 atom stereocenters. The van der Waals surface area contributed by atoms with Gasteiger partial charge in [0.25, 0.3) is 5.91 Å². The van der Waals surface area contributed by atoms with Crippen LogP contribution in [0, 0.1) is 20.8 Å². The van der Waals surface area contributed by atoms with Gasteiger partial charge in [-0.15, -0.1) is 0 Å². The fourth-order valence-electron chi connectivity index (χ4n) is 3.29. The van der Waals surface area contributed by atoms with Crippen molar-refractivity contribution in [1.29, 1.82) is 0 Å². The summed E-state index contributed by atoms with van der Waals surface area (Å²) in [6, 6.07) is 2.28. The van der Waals surface area contributed by atoms with Crippen LogP contribution in [0.15, 0.2) is 6.07 Å². The number of carbonyl (C=O) groups is 1. The molecular formula is C16H23N5OS. The average molecular weight is 333 g/mol. The van der Waals surface area contributed by atoms with E-state index in [1.807, 2.05) is 30.5 Å². The first-order chi connectivity index (χ1) is 11.0. The lowest BCUT2D eigenvalue weighted by atomic mass is 10.1. The zero-order chi connectivity index (χ0) is 16.6. The molecule has 6 nitrogen and oxygen atoms in total. The number of rotatable bonds is 4. The molecule has 0 bridgehead atoms. The second kappa shape index (κ2) is 6.31. The van der Waals surface area contributed by atoms with Crippen molar-refractivity contribution in [1.82, 2.24) is 19.1 Å². The molecule has 1 saturated heterocycles. The van der Waals surface area contributed by atoms with Crippen LogP contribution in [0.25, 0.3) is 0 Å². The molecule has 2 aromatic heterocycles. The molecule has 1 unspecified atom stereocenters. The molecule has 0 aliphatic carbocycles. The third-order valence-corrected chi connectivity index (χ3v) is 5.38. The highest BCUT2D eigenvalue weighted by atomic mass is 32.1. The first kappa shape index (κ1) is 16.0. The van der Waals surface area contributed by atoms with Gasteiger partial charge in [-0.1, -0.05) is 0 Å². The first-order valence-electron chi connectivity index (χ1n) is 7.97. The Kier molecular flexibility index (Phi) is 4.39. The standard InChI is InChI=1S/C16H23N5OS/c1-10-8-11(2)21(18-10)9-13-6-5-7-20(13)16(22)14-12(3)19-23-15(14)17-4/h8,13,17H,5-7,9H2,1-4H3. The molecule has 0 saturated carbocycles. The molecular weight excluding hydrogens is 310 g/mol. The van der Waals surface area contributed by atoms with Gasteiger partial charge in [-0.2, -0.15) is 9.47 Å². The van der Waals surface area contributed by atoms with Crippen molar-refractivity contribution >= 4 is 22.4 Å². The van der Waals surface area contributed by atoms with Crippen LogP contribution in [-0.2, 0) is 6.54 Å². The van der Waals surface area contributed by atoms with Crippen LogP contribution >= 0.6 is 11.5 Å². The van der Waals surface area contributed by atoms with Crippen molar-refractivity contribution in [3.05, 3.63) is 28.7 Å². The molecule has 1 amide bonds. The quantitative estimate of drug-likeness (QED) is 0.934. The minimum absolute atomic E-state index is 0.0876. The Labute approximate surface area is 140 Å². The lowest BCUT2D eigenvalue weighted by molar-refractivity contribution is 0.0721. The summed E-state index contributed by atoms with van der Waals surface area (Å²) in [6.45, 7) is 7.53. The van der Waals surface area contributed by atoms with Crippen molar-refractivity contribution in [2.24, 2.45) is 0 Å². The Bertz CT molecular complexity index is 720. The normalized spacial score (nSPS) is 17.7. The summed E-state index contributed by atoms with van der Waals surface area (Å²) in [5, 5.41) is 8.48. The Hall–Kier alpha value is -1.89. The molecule has 0 aromatic carbocycles. The van der Waals surface area contributed by atoms with Gasteiger partial charge in [0.2, 0.25) is 0 Å².